The molecule has 1 fully saturated rings. The van der Waals surface area contributed by atoms with Crippen molar-refractivity contribution in [3.05, 3.63) is 46.8 Å². The molecule has 0 spiro atoms. The summed E-state index contributed by atoms with van der Waals surface area (Å²) >= 11 is 6.02. The van der Waals surface area contributed by atoms with E-state index in [1.165, 1.54) is 30.0 Å². The number of halogens is 9. The predicted octanol–water partition coefficient (Wildman–Crippen LogP) is 3.72. The summed E-state index contributed by atoms with van der Waals surface area (Å²) < 4.78 is 105. The maximum atomic E-state index is 13.5. The van der Waals surface area contributed by atoms with Crippen LogP contribution in [0.15, 0.2) is 36.0 Å². The van der Waals surface area contributed by atoms with Gasteiger partial charge < -0.3 is 20.9 Å². The molecule has 0 aliphatic carbocycles. The van der Waals surface area contributed by atoms with Crippen molar-refractivity contribution in [3.8, 4) is 0 Å². The van der Waals surface area contributed by atoms with Crippen LogP contribution in [0.5, 0.6) is 0 Å². The third kappa shape index (κ3) is 8.48. The van der Waals surface area contributed by atoms with Crippen LogP contribution in [-0.4, -0.2) is 71.7 Å². The molecular formula is C24H24ClF8N6O2+. The number of hydrogen-bond acceptors (Lipinski definition) is 5. The highest BCUT2D eigenvalue weighted by Gasteiger charge is 2.41. The van der Waals surface area contributed by atoms with Crippen LogP contribution < -0.4 is 16.0 Å². The standard InChI is InChI=1S/C24H23ClF8N6O2/c1-11(40)39-9-13(36-18-6-19(23(28,29)30)38-17-3-2-12(25)4-15(17)18)5-14(10-39)37-22(41)16(7-35-8-20(26)27)21(34)24(31,32)33/h2-4,6-7,13-14,20,34-35H,5,8-10H2,1H3,(H,36,38)(H,37,41)/p+1/b16-7+,34-21?/t13-,14+/m1/s1. The van der Waals surface area contributed by atoms with Gasteiger partial charge in [-0.05, 0) is 30.7 Å². The monoisotopic (exact) mass is 615 g/mol. The summed E-state index contributed by atoms with van der Waals surface area (Å²) in [5.74, 6) is -1.88. The van der Waals surface area contributed by atoms with Gasteiger partial charge in [0.15, 0.2) is 5.71 Å². The van der Waals surface area contributed by atoms with E-state index < -0.39 is 66.2 Å². The predicted molar refractivity (Wildman–Crippen MR) is 133 cm³/mol. The number of aromatic nitrogens is 1. The highest BCUT2D eigenvalue weighted by molar-refractivity contribution is 6.31. The summed E-state index contributed by atoms with van der Waals surface area (Å²) in [7, 11) is 0. The van der Waals surface area contributed by atoms with E-state index in [0.717, 1.165) is 6.07 Å². The van der Waals surface area contributed by atoms with Crippen LogP contribution in [-0.2, 0) is 15.8 Å². The first-order chi connectivity index (χ1) is 19.0. The van der Waals surface area contributed by atoms with Crippen molar-refractivity contribution in [2.75, 3.05) is 25.0 Å². The van der Waals surface area contributed by atoms with Gasteiger partial charge in [-0.1, -0.05) is 11.6 Å². The Morgan fingerprint density at radius 3 is 2.41 bits per heavy atom. The first kappa shape index (κ1) is 32.0. The molecule has 0 bridgehead atoms. The summed E-state index contributed by atoms with van der Waals surface area (Å²) in [6, 6.07) is 2.96. The van der Waals surface area contributed by atoms with Gasteiger partial charge in [-0.2, -0.15) is 26.3 Å². The Bertz CT molecular complexity index is 1350. The Morgan fingerprint density at radius 1 is 1.17 bits per heavy atom. The average Bonchev–Trinajstić information content (AvgIpc) is 2.84. The SMILES string of the molecule is CC(=O)N1C[C@@H](NC(=O)/C(=C/[NH2+]CC(F)F)C(=N)C(F)(F)F)C[C@@H](Nc2cc(C(F)(F)F)nc3ccc(Cl)cc23)C1. The van der Waals surface area contributed by atoms with Gasteiger partial charge in [0.2, 0.25) is 5.91 Å². The molecule has 2 heterocycles. The van der Waals surface area contributed by atoms with Crippen molar-refractivity contribution in [1.82, 2.24) is 15.2 Å². The Balaban J connectivity index is 1.90. The minimum absolute atomic E-state index is 0.0311. The highest BCUT2D eigenvalue weighted by Crippen LogP contribution is 2.35. The van der Waals surface area contributed by atoms with Crippen LogP contribution in [0.3, 0.4) is 0 Å². The van der Waals surface area contributed by atoms with Gasteiger partial charge in [0.1, 0.15) is 24.0 Å². The van der Waals surface area contributed by atoms with Crippen molar-refractivity contribution >= 4 is 45.7 Å². The van der Waals surface area contributed by atoms with E-state index in [1.54, 1.807) is 0 Å². The second-order valence-electron chi connectivity index (χ2n) is 9.20. The van der Waals surface area contributed by atoms with E-state index in [0.29, 0.717) is 11.5 Å². The van der Waals surface area contributed by atoms with Gasteiger partial charge in [0, 0.05) is 48.2 Å². The molecule has 8 nitrogen and oxygen atoms in total. The lowest BCUT2D eigenvalue weighted by Crippen LogP contribution is -2.80. The van der Waals surface area contributed by atoms with Crippen LogP contribution >= 0.6 is 11.6 Å². The molecule has 2 aromatic rings. The number of pyridine rings is 1. The van der Waals surface area contributed by atoms with Crippen molar-refractivity contribution in [2.45, 2.75) is 44.2 Å². The number of quaternary nitrogens is 1. The van der Waals surface area contributed by atoms with Crippen molar-refractivity contribution in [1.29, 1.82) is 5.41 Å². The van der Waals surface area contributed by atoms with Gasteiger partial charge >= 0.3 is 12.4 Å². The first-order valence-electron chi connectivity index (χ1n) is 11.9. The number of nitrogens with two attached hydrogens (primary N) is 1. The van der Waals surface area contributed by atoms with E-state index in [1.807, 2.05) is 0 Å². The summed E-state index contributed by atoms with van der Waals surface area (Å²) in [6.45, 7) is 0.0356. The summed E-state index contributed by atoms with van der Waals surface area (Å²) in [4.78, 5) is 29.8. The van der Waals surface area contributed by atoms with Crippen LogP contribution in [0.25, 0.3) is 10.9 Å². The van der Waals surface area contributed by atoms with Gasteiger partial charge in [-0.25, -0.2) is 13.8 Å². The normalized spacial score (nSPS) is 18.5. The lowest BCUT2D eigenvalue weighted by molar-refractivity contribution is -0.598. The molecule has 2 atom stereocenters. The fourth-order valence-electron chi connectivity index (χ4n) is 4.23. The highest BCUT2D eigenvalue weighted by atomic mass is 35.5. The van der Waals surface area contributed by atoms with Gasteiger partial charge in [-0.15, -0.1) is 0 Å². The molecule has 1 aliphatic rings. The van der Waals surface area contributed by atoms with Crippen LogP contribution in [0.2, 0.25) is 5.02 Å². The average molecular weight is 616 g/mol. The lowest BCUT2D eigenvalue weighted by Gasteiger charge is -2.38. The third-order valence-corrected chi connectivity index (χ3v) is 6.28. The fraction of sp³-hybridized carbons (Fsp3) is 0.417. The number of piperidine rings is 1. The quantitative estimate of drug-likeness (QED) is 0.206. The maximum absolute atomic E-state index is 13.5. The Hall–Kier alpha value is -3.53. The number of hydrogen-bond donors (Lipinski definition) is 4. The number of benzene rings is 1. The number of nitrogens with zero attached hydrogens (tertiary/aromatic N) is 2. The number of amides is 2. The molecule has 5 N–H and O–H groups in total. The Kier molecular flexibility index (Phi) is 9.79. The number of carbonyl (C=O) groups excluding carboxylic acids is 2. The number of carbonyl (C=O) groups is 2. The van der Waals surface area contributed by atoms with Crippen molar-refractivity contribution in [3.63, 3.8) is 0 Å². The number of rotatable bonds is 8. The zero-order valence-corrected chi connectivity index (χ0v) is 21.9. The van der Waals surface area contributed by atoms with Gasteiger partial charge in [0.05, 0.1) is 5.52 Å². The minimum Gasteiger partial charge on any atom is -0.380 e. The van der Waals surface area contributed by atoms with Crippen molar-refractivity contribution in [2.24, 2.45) is 0 Å². The van der Waals surface area contributed by atoms with E-state index >= 15 is 0 Å². The molecule has 0 radical (unpaired) electrons. The molecule has 2 amide bonds. The lowest BCUT2D eigenvalue weighted by atomic mass is 9.98. The second-order valence-corrected chi connectivity index (χ2v) is 9.64. The van der Waals surface area contributed by atoms with Crippen LogP contribution in [0.1, 0.15) is 19.0 Å². The van der Waals surface area contributed by atoms with E-state index in [-0.39, 0.29) is 41.1 Å². The largest absolute Gasteiger partial charge is 0.433 e. The number of likely N-dealkylation sites (tertiary alicyclic amines) is 1. The summed E-state index contributed by atoms with van der Waals surface area (Å²) in [5, 5.41) is 13.6. The molecule has 1 aliphatic heterocycles. The number of nitrogens with one attached hydrogen (secondary N) is 3. The topological polar surface area (TPSA) is 115 Å². The zero-order chi connectivity index (χ0) is 30.7. The van der Waals surface area contributed by atoms with Crippen molar-refractivity contribution < 1.29 is 50.0 Å². The van der Waals surface area contributed by atoms with E-state index in [2.05, 4.69) is 15.6 Å². The zero-order valence-electron chi connectivity index (χ0n) is 21.1. The second kappa shape index (κ2) is 12.5. The maximum Gasteiger partial charge on any atom is 0.433 e. The van der Waals surface area contributed by atoms with Gasteiger partial charge in [-0.3, -0.25) is 15.0 Å². The van der Waals surface area contributed by atoms with Crippen LogP contribution in [0, 0.1) is 5.41 Å². The summed E-state index contributed by atoms with van der Waals surface area (Å²) in [6.07, 6.45) is -12.5. The molecule has 224 valence electrons. The van der Waals surface area contributed by atoms with Crippen LogP contribution in [0.4, 0.5) is 40.8 Å². The molecule has 3 rings (SSSR count). The Morgan fingerprint density at radius 2 is 1.83 bits per heavy atom. The molecule has 1 aromatic carbocycles. The summed E-state index contributed by atoms with van der Waals surface area (Å²) in [5.41, 5.74) is -4.55. The minimum atomic E-state index is -5.26. The molecule has 1 saturated heterocycles. The number of anilines is 1. The molecule has 0 saturated carbocycles. The molecular weight excluding hydrogens is 592 g/mol. The van der Waals surface area contributed by atoms with Gasteiger partial charge in [0.25, 0.3) is 12.3 Å². The fourth-order valence-corrected chi connectivity index (χ4v) is 4.40. The number of alkyl halides is 8. The molecule has 17 heteroatoms. The van der Waals surface area contributed by atoms with E-state index in [9.17, 15) is 44.7 Å². The smallest absolute Gasteiger partial charge is 0.380 e. The number of fused-ring (bicyclic) bond motifs is 1. The molecule has 41 heavy (non-hydrogen) atoms. The Labute approximate surface area is 232 Å². The molecule has 0 unspecified atom stereocenters. The van der Waals surface area contributed by atoms with E-state index in [4.69, 9.17) is 17.0 Å². The third-order valence-electron chi connectivity index (χ3n) is 6.05. The molecule has 1 aromatic heterocycles. The first-order valence-corrected chi connectivity index (χ1v) is 12.3.